The molecule has 0 spiro atoms. The third-order valence-corrected chi connectivity index (χ3v) is 3.77. The molecule has 3 N–H and O–H groups in total. The van der Waals surface area contributed by atoms with Gasteiger partial charge in [0, 0.05) is 22.0 Å². The fourth-order valence-corrected chi connectivity index (χ4v) is 2.89. The number of hydrogen-bond donors (Lipinski definition) is 3. The van der Waals surface area contributed by atoms with Crippen LogP contribution < -0.4 is 10.6 Å². The summed E-state index contributed by atoms with van der Waals surface area (Å²) in [5.41, 5.74) is 0.347. The standard InChI is InChI=1S/C11H10Br2N2O3/c12-6-1-7(11(17)18)9(8(13)2-6)15-10(16)5-3-14-4-5/h1-2,5,14H,3-4H2,(H,15,16)(H,17,18). The van der Waals surface area contributed by atoms with Crippen molar-refractivity contribution >= 4 is 49.4 Å². The number of carbonyl (C=O) groups excluding carboxylic acids is 1. The van der Waals surface area contributed by atoms with Crippen LogP contribution in [0.1, 0.15) is 10.4 Å². The van der Waals surface area contributed by atoms with Crippen LogP contribution >= 0.6 is 31.9 Å². The van der Waals surface area contributed by atoms with Gasteiger partial charge in [0.15, 0.2) is 0 Å². The Morgan fingerprint density at radius 2 is 2.00 bits per heavy atom. The Bertz CT molecular complexity index is 515. The lowest BCUT2D eigenvalue weighted by molar-refractivity contribution is -0.121. The maximum absolute atomic E-state index is 11.8. The van der Waals surface area contributed by atoms with Crippen LogP contribution in [0.2, 0.25) is 0 Å². The zero-order valence-electron chi connectivity index (χ0n) is 9.17. The molecule has 1 aromatic carbocycles. The van der Waals surface area contributed by atoms with E-state index in [0.717, 1.165) is 0 Å². The van der Waals surface area contributed by atoms with Gasteiger partial charge in [0.2, 0.25) is 5.91 Å². The van der Waals surface area contributed by atoms with E-state index in [9.17, 15) is 9.59 Å². The van der Waals surface area contributed by atoms with E-state index in [1.165, 1.54) is 6.07 Å². The van der Waals surface area contributed by atoms with Crippen molar-refractivity contribution in [2.75, 3.05) is 18.4 Å². The molecule has 18 heavy (non-hydrogen) atoms. The van der Waals surface area contributed by atoms with Crippen LogP contribution in [-0.2, 0) is 4.79 Å². The highest BCUT2D eigenvalue weighted by molar-refractivity contribution is 9.11. The molecule has 2 rings (SSSR count). The van der Waals surface area contributed by atoms with Crippen LogP contribution in [0.3, 0.4) is 0 Å². The molecule has 1 aromatic rings. The second-order valence-corrected chi connectivity index (χ2v) is 5.73. The van der Waals surface area contributed by atoms with Crippen molar-refractivity contribution in [2.24, 2.45) is 5.92 Å². The Morgan fingerprint density at radius 1 is 1.33 bits per heavy atom. The second kappa shape index (κ2) is 5.38. The second-order valence-electron chi connectivity index (χ2n) is 3.96. The maximum Gasteiger partial charge on any atom is 0.337 e. The Hall–Kier alpha value is -0.920. The number of benzene rings is 1. The molecular weight excluding hydrogens is 368 g/mol. The number of nitrogens with one attached hydrogen (secondary N) is 2. The van der Waals surface area contributed by atoms with Crippen molar-refractivity contribution in [1.82, 2.24) is 5.32 Å². The molecule has 7 heteroatoms. The molecule has 5 nitrogen and oxygen atoms in total. The quantitative estimate of drug-likeness (QED) is 0.753. The van der Waals surface area contributed by atoms with Crippen LogP contribution in [0.15, 0.2) is 21.1 Å². The summed E-state index contributed by atoms with van der Waals surface area (Å²) < 4.78 is 1.17. The maximum atomic E-state index is 11.8. The van der Waals surface area contributed by atoms with Crippen LogP contribution in [0.5, 0.6) is 0 Å². The largest absolute Gasteiger partial charge is 0.478 e. The molecular formula is C11H10Br2N2O3. The SMILES string of the molecule is O=C(O)c1cc(Br)cc(Br)c1NC(=O)C1CNC1. The smallest absolute Gasteiger partial charge is 0.337 e. The van der Waals surface area contributed by atoms with E-state index in [0.29, 0.717) is 27.7 Å². The van der Waals surface area contributed by atoms with Crippen molar-refractivity contribution in [2.45, 2.75) is 0 Å². The summed E-state index contributed by atoms with van der Waals surface area (Å²) in [5.74, 6) is -1.35. The lowest BCUT2D eigenvalue weighted by atomic mass is 10.0. The topological polar surface area (TPSA) is 78.4 Å². The van der Waals surface area contributed by atoms with Crippen LogP contribution in [0.25, 0.3) is 0 Å². The van der Waals surface area contributed by atoms with Gasteiger partial charge in [0.1, 0.15) is 0 Å². The number of carboxylic acid groups (broad SMARTS) is 1. The molecule has 0 radical (unpaired) electrons. The Balaban J connectivity index is 2.30. The molecule has 96 valence electrons. The normalized spacial score (nSPS) is 15.0. The van der Waals surface area contributed by atoms with E-state index < -0.39 is 5.97 Å². The van der Waals surface area contributed by atoms with E-state index in [2.05, 4.69) is 42.5 Å². The molecule has 0 atom stereocenters. The van der Waals surface area contributed by atoms with Crippen molar-refractivity contribution in [3.8, 4) is 0 Å². The number of amides is 1. The minimum atomic E-state index is -1.08. The first-order valence-corrected chi connectivity index (χ1v) is 6.81. The van der Waals surface area contributed by atoms with Crippen LogP contribution in [-0.4, -0.2) is 30.1 Å². The summed E-state index contributed by atoms with van der Waals surface area (Å²) in [6.07, 6.45) is 0. The molecule has 0 aliphatic carbocycles. The molecule has 0 bridgehead atoms. The van der Waals surface area contributed by atoms with Gasteiger partial charge in [-0.1, -0.05) is 15.9 Å². The zero-order valence-corrected chi connectivity index (χ0v) is 12.3. The van der Waals surface area contributed by atoms with Gasteiger partial charge in [-0.25, -0.2) is 4.79 Å². The van der Waals surface area contributed by atoms with Gasteiger partial charge in [-0.05, 0) is 28.1 Å². The number of rotatable bonds is 3. The summed E-state index contributed by atoms with van der Waals surface area (Å²) in [6.45, 7) is 1.25. The zero-order chi connectivity index (χ0) is 13.3. The lowest BCUT2D eigenvalue weighted by Crippen LogP contribution is -2.48. The minimum Gasteiger partial charge on any atom is -0.478 e. The molecule has 1 amide bonds. The van der Waals surface area contributed by atoms with Crippen LogP contribution in [0.4, 0.5) is 5.69 Å². The summed E-state index contributed by atoms with van der Waals surface area (Å²) in [6, 6.07) is 3.16. The third kappa shape index (κ3) is 2.73. The Morgan fingerprint density at radius 3 is 2.50 bits per heavy atom. The first-order chi connectivity index (χ1) is 8.49. The van der Waals surface area contributed by atoms with Gasteiger partial charge in [0.25, 0.3) is 0 Å². The molecule has 1 fully saturated rings. The van der Waals surface area contributed by atoms with E-state index in [4.69, 9.17) is 5.11 Å². The van der Waals surface area contributed by atoms with Gasteiger partial charge < -0.3 is 15.7 Å². The fraction of sp³-hybridized carbons (Fsp3) is 0.273. The number of halogens is 2. The van der Waals surface area contributed by atoms with Gasteiger partial charge >= 0.3 is 5.97 Å². The minimum absolute atomic E-state index is 0.0527. The molecule has 0 aromatic heterocycles. The van der Waals surface area contributed by atoms with Gasteiger partial charge in [-0.2, -0.15) is 0 Å². The monoisotopic (exact) mass is 376 g/mol. The van der Waals surface area contributed by atoms with E-state index in [-0.39, 0.29) is 17.4 Å². The molecule has 1 saturated heterocycles. The molecule has 1 aliphatic rings. The first-order valence-electron chi connectivity index (χ1n) is 5.23. The number of carboxylic acids is 1. The predicted octanol–water partition coefficient (Wildman–Crippen LogP) is 2.07. The summed E-state index contributed by atoms with van der Waals surface area (Å²) in [4.78, 5) is 23.0. The first kappa shape index (κ1) is 13.5. The number of hydrogen-bond acceptors (Lipinski definition) is 3. The van der Waals surface area contributed by atoms with Crippen molar-refractivity contribution in [3.63, 3.8) is 0 Å². The van der Waals surface area contributed by atoms with Gasteiger partial charge in [-0.15, -0.1) is 0 Å². The average molecular weight is 378 g/mol. The Labute approximate surface area is 120 Å². The number of aromatic carboxylic acids is 1. The van der Waals surface area contributed by atoms with Gasteiger partial charge in [0.05, 0.1) is 17.2 Å². The Kier molecular flexibility index (Phi) is 4.04. The fourth-order valence-electron chi connectivity index (χ4n) is 1.57. The number of anilines is 1. The summed E-state index contributed by atoms with van der Waals surface area (Å²) in [7, 11) is 0. The number of carbonyl (C=O) groups is 2. The third-order valence-electron chi connectivity index (χ3n) is 2.69. The molecule has 1 aliphatic heterocycles. The van der Waals surface area contributed by atoms with Crippen molar-refractivity contribution < 1.29 is 14.7 Å². The van der Waals surface area contributed by atoms with Crippen LogP contribution in [0, 0.1) is 5.92 Å². The lowest BCUT2D eigenvalue weighted by Gasteiger charge is -2.26. The average Bonchev–Trinajstić information content (AvgIpc) is 2.18. The van der Waals surface area contributed by atoms with Gasteiger partial charge in [-0.3, -0.25) is 4.79 Å². The highest BCUT2D eigenvalue weighted by atomic mass is 79.9. The van der Waals surface area contributed by atoms with Crippen molar-refractivity contribution in [1.29, 1.82) is 0 Å². The van der Waals surface area contributed by atoms with E-state index in [1.54, 1.807) is 6.07 Å². The molecule has 0 saturated carbocycles. The van der Waals surface area contributed by atoms with E-state index >= 15 is 0 Å². The van der Waals surface area contributed by atoms with Crippen molar-refractivity contribution in [3.05, 3.63) is 26.6 Å². The summed E-state index contributed by atoms with van der Waals surface area (Å²) >= 11 is 6.48. The highest BCUT2D eigenvalue weighted by Crippen LogP contribution is 2.31. The van der Waals surface area contributed by atoms with E-state index in [1.807, 2.05) is 0 Å². The molecule has 0 unspecified atom stereocenters. The highest BCUT2D eigenvalue weighted by Gasteiger charge is 2.26. The summed E-state index contributed by atoms with van der Waals surface area (Å²) in [5, 5.41) is 14.8. The molecule has 1 heterocycles. The predicted molar refractivity (Wildman–Crippen MR) is 73.8 cm³/mol.